The van der Waals surface area contributed by atoms with E-state index < -0.39 is 0 Å². The number of nitrogen functional groups attached to an aromatic ring is 1. The summed E-state index contributed by atoms with van der Waals surface area (Å²) in [7, 11) is 0. The van der Waals surface area contributed by atoms with Crippen LogP contribution in [0.15, 0.2) is 41.8 Å². The van der Waals surface area contributed by atoms with Crippen LogP contribution in [0.4, 0.5) is 0 Å². The highest BCUT2D eigenvalue weighted by atomic mass is 32.1. The molecule has 1 aromatic carbocycles. The molecule has 17 heavy (non-hydrogen) atoms. The van der Waals surface area contributed by atoms with Gasteiger partial charge in [-0.1, -0.05) is 18.2 Å². The zero-order valence-electron chi connectivity index (χ0n) is 8.94. The minimum atomic E-state index is 0.142. The number of benzene rings is 1. The highest BCUT2D eigenvalue weighted by molar-refractivity contribution is 7.21. The van der Waals surface area contributed by atoms with Crippen molar-refractivity contribution in [2.45, 2.75) is 0 Å². The summed E-state index contributed by atoms with van der Waals surface area (Å²) in [6, 6.07) is 12.5. The first-order chi connectivity index (χ1) is 8.24. The largest absolute Gasteiger partial charge is 0.383 e. The van der Waals surface area contributed by atoms with Gasteiger partial charge in [0.15, 0.2) is 0 Å². The fraction of sp³-hybridized carbons (Fsp3) is 0. The van der Waals surface area contributed by atoms with Crippen LogP contribution >= 0.6 is 22.7 Å². The third-order valence-corrected chi connectivity index (χ3v) is 4.64. The van der Waals surface area contributed by atoms with Crippen LogP contribution in [0, 0.1) is 5.41 Å². The van der Waals surface area contributed by atoms with Crippen molar-refractivity contribution < 1.29 is 0 Å². The summed E-state index contributed by atoms with van der Waals surface area (Å²) in [5.74, 6) is 0.142. The molecule has 0 amide bonds. The molecule has 3 N–H and O–H groups in total. The third-order valence-electron chi connectivity index (χ3n) is 2.59. The van der Waals surface area contributed by atoms with Gasteiger partial charge >= 0.3 is 0 Å². The summed E-state index contributed by atoms with van der Waals surface area (Å²) < 4.78 is 1.18. The molecule has 0 radical (unpaired) electrons. The fourth-order valence-electron chi connectivity index (χ4n) is 1.76. The fourth-order valence-corrected chi connectivity index (χ4v) is 3.45. The van der Waals surface area contributed by atoms with Gasteiger partial charge in [0.05, 0.1) is 4.88 Å². The van der Waals surface area contributed by atoms with Gasteiger partial charge in [-0.25, -0.2) is 0 Å². The molecule has 0 fully saturated rings. The second-order valence-electron chi connectivity index (χ2n) is 3.75. The van der Waals surface area contributed by atoms with Crippen LogP contribution in [0.25, 0.3) is 20.5 Å². The van der Waals surface area contributed by atoms with Gasteiger partial charge in [-0.2, -0.15) is 0 Å². The zero-order valence-corrected chi connectivity index (χ0v) is 10.6. The van der Waals surface area contributed by atoms with Gasteiger partial charge in [0.1, 0.15) is 5.84 Å². The van der Waals surface area contributed by atoms with Crippen molar-refractivity contribution in [2.24, 2.45) is 5.73 Å². The SMILES string of the molecule is N=C(N)c1cc2ccc(-c3cccs3)cc2s1. The van der Waals surface area contributed by atoms with Gasteiger partial charge in [-0.15, -0.1) is 22.7 Å². The molecule has 0 aliphatic rings. The molecule has 0 aliphatic heterocycles. The highest BCUT2D eigenvalue weighted by Gasteiger charge is 2.06. The smallest absolute Gasteiger partial charge is 0.133 e. The number of nitrogens with two attached hydrogens (primary N) is 1. The summed E-state index contributed by atoms with van der Waals surface area (Å²) in [6.45, 7) is 0. The van der Waals surface area contributed by atoms with E-state index in [2.05, 4.69) is 35.7 Å². The second kappa shape index (κ2) is 3.98. The van der Waals surface area contributed by atoms with Crippen LogP contribution in [-0.4, -0.2) is 5.84 Å². The molecule has 0 atom stereocenters. The van der Waals surface area contributed by atoms with Crippen LogP contribution in [0.3, 0.4) is 0 Å². The van der Waals surface area contributed by atoms with Crippen molar-refractivity contribution in [3.8, 4) is 10.4 Å². The summed E-state index contributed by atoms with van der Waals surface area (Å²) in [5.41, 5.74) is 6.73. The van der Waals surface area contributed by atoms with Crippen molar-refractivity contribution in [3.63, 3.8) is 0 Å². The topological polar surface area (TPSA) is 49.9 Å². The number of hydrogen-bond donors (Lipinski definition) is 2. The molecule has 0 saturated carbocycles. The third kappa shape index (κ3) is 1.85. The van der Waals surface area contributed by atoms with E-state index in [1.165, 1.54) is 15.1 Å². The normalized spacial score (nSPS) is 10.8. The maximum absolute atomic E-state index is 7.45. The lowest BCUT2D eigenvalue weighted by Crippen LogP contribution is -2.08. The number of fused-ring (bicyclic) bond motifs is 1. The van der Waals surface area contributed by atoms with Gasteiger partial charge in [0, 0.05) is 9.58 Å². The van der Waals surface area contributed by atoms with Crippen molar-refractivity contribution in [1.29, 1.82) is 5.41 Å². The van der Waals surface area contributed by atoms with Crippen LogP contribution in [-0.2, 0) is 0 Å². The summed E-state index contributed by atoms with van der Waals surface area (Å²) in [4.78, 5) is 2.10. The molecule has 0 unspecified atom stereocenters. The predicted octanol–water partition coefficient (Wildman–Crippen LogP) is 3.91. The minimum absolute atomic E-state index is 0.142. The Kier molecular flexibility index (Phi) is 2.46. The second-order valence-corrected chi connectivity index (χ2v) is 5.79. The van der Waals surface area contributed by atoms with E-state index in [4.69, 9.17) is 11.1 Å². The van der Waals surface area contributed by atoms with E-state index in [0.717, 1.165) is 10.3 Å². The summed E-state index contributed by atoms with van der Waals surface area (Å²) in [5, 5.41) is 10.7. The van der Waals surface area contributed by atoms with E-state index in [1.54, 1.807) is 22.7 Å². The molecule has 3 rings (SSSR count). The number of amidine groups is 1. The molecule has 0 spiro atoms. The molecule has 2 heterocycles. The molecular weight excluding hydrogens is 248 g/mol. The van der Waals surface area contributed by atoms with Crippen LogP contribution in [0.5, 0.6) is 0 Å². The highest BCUT2D eigenvalue weighted by Crippen LogP contribution is 2.32. The number of thiophene rings is 2. The first-order valence-corrected chi connectivity index (χ1v) is 6.85. The van der Waals surface area contributed by atoms with Crippen molar-refractivity contribution in [2.75, 3.05) is 0 Å². The van der Waals surface area contributed by atoms with Gasteiger partial charge in [-0.3, -0.25) is 5.41 Å². The van der Waals surface area contributed by atoms with Gasteiger partial charge in [0.25, 0.3) is 0 Å². The summed E-state index contributed by atoms with van der Waals surface area (Å²) >= 11 is 3.31. The van der Waals surface area contributed by atoms with Crippen LogP contribution in [0.2, 0.25) is 0 Å². The van der Waals surface area contributed by atoms with E-state index in [1.807, 2.05) is 6.07 Å². The van der Waals surface area contributed by atoms with Crippen LogP contribution < -0.4 is 5.73 Å². The van der Waals surface area contributed by atoms with Crippen molar-refractivity contribution in [3.05, 3.63) is 46.7 Å². The van der Waals surface area contributed by atoms with E-state index >= 15 is 0 Å². The van der Waals surface area contributed by atoms with E-state index in [9.17, 15) is 0 Å². The number of nitrogens with one attached hydrogen (secondary N) is 1. The molecule has 2 aromatic heterocycles. The lowest BCUT2D eigenvalue weighted by atomic mass is 10.1. The first-order valence-electron chi connectivity index (χ1n) is 5.16. The Morgan fingerprint density at radius 1 is 1.18 bits per heavy atom. The Morgan fingerprint density at radius 2 is 2.06 bits per heavy atom. The number of rotatable bonds is 2. The predicted molar refractivity (Wildman–Crippen MR) is 76.2 cm³/mol. The molecule has 3 aromatic rings. The monoisotopic (exact) mass is 258 g/mol. The molecule has 0 aliphatic carbocycles. The maximum Gasteiger partial charge on any atom is 0.133 e. The Balaban J connectivity index is 2.16. The maximum atomic E-state index is 7.45. The van der Waals surface area contributed by atoms with Crippen LogP contribution in [0.1, 0.15) is 4.88 Å². The minimum Gasteiger partial charge on any atom is -0.383 e. The first kappa shape index (κ1) is 10.5. The Labute approximate surface area is 107 Å². The van der Waals surface area contributed by atoms with E-state index in [-0.39, 0.29) is 5.84 Å². The van der Waals surface area contributed by atoms with Gasteiger partial charge in [-0.05, 0) is 34.5 Å². The molecule has 0 bridgehead atoms. The average molecular weight is 258 g/mol. The lowest BCUT2D eigenvalue weighted by Gasteiger charge is -1.96. The summed E-state index contributed by atoms with van der Waals surface area (Å²) in [6.07, 6.45) is 0. The van der Waals surface area contributed by atoms with Gasteiger partial charge in [0.2, 0.25) is 0 Å². The Hall–Kier alpha value is -1.65. The Bertz CT molecular complexity index is 681. The lowest BCUT2D eigenvalue weighted by molar-refractivity contribution is 1.46. The quantitative estimate of drug-likeness (QED) is 0.531. The van der Waals surface area contributed by atoms with Gasteiger partial charge < -0.3 is 5.73 Å². The standard InChI is InChI=1S/C13H10N2S2/c14-13(15)12-7-9-4-3-8(6-11(9)17-12)10-2-1-5-16-10/h1-7H,(H3,14,15). The van der Waals surface area contributed by atoms with Crippen molar-refractivity contribution >= 4 is 38.6 Å². The Morgan fingerprint density at radius 3 is 2.76 bits per heavy atom. The molecular formula is C13H10N2S2. The molecule has 4 heteroatoms. The molecule has 84 valence electrons. The number of hydrogen-bond acceptors (Lipinski definition) is 3. The molecule has 0 saturated heterocycles. The average Bonchev–Trinajstić information content (AvgIpc) is 2.97. The molecule has 2 nitrogen and oxygen atoms in total. The van der Waals surface area contributed by atoms with Crippen molar-refractivity contribution in [1.82, 2.24) is 0 Å². The van der Waals surface area contributed by atoms with E-state index in [0.29, 0.717) is 0 Å². The zero-order chi connectivity index (χ0) is 11.8.